The van der Waals surface area contributed by atoms with Crippen LogP contribution in [-0.2, 0) is 6.54 Å². The fourth-order valence-corrected chi connectivity index (χ4v) is 3.16. The van der Waals surface area contributed by atoms with Gasteiger partial charge in [-0.15, -0.1) is 10.2 Å². The van der Waals surface area contributed by atoms with E-state index in [2.05, 4.69) is 25.0 Å². The van der Waals surface area contributed by atoms with E-state index in [0.717, 1.165) is 6.07 Å². The topological polar surface area (TPSA) is 91.7 Å². The predicted molar refractivity (Wildman–Crippen MR) is 93.0 cm³/mol. The summed E-state index contributed by atoms with van der Waals surface area (Å²) in [6.07, 6.45) is 3.15. The Morgan fingerprint density at radius 3 is 2.74 bits per heavy atom. The van der Waals surface area contributed by atoms with Gasteiger partial charge in [0, 0.05) is 11.8 Å². The molecular formula is C16H11F3N6OS. The summed E-state index contributed by atoms with van der Waals surface area (Å²) < 4.78 is 44.4. The zero-order chi connectivity index (χ0) is 19.0. The van der Waals surface area contributed by atoms with E-state index in [-0.39, 0.29) is 0 Å². The predicted octanol–water partition coefficient (Wildman–Crippen LogP) is 3.32. The van der Waals surface area contributed by atoms with Crippen molar-refractivity contribution in [3.05, 3.63) is 47.5 Å². The lowest BCUT2D eigenvalue weighted by Crippen LogP contribution is -2.04. The third-order valence-electron chi connectivity index (χ3n) is 3.74. The fraction of sp³-hybridized carbons (Fsp3) is 0.125. The molecule has 0 amide bonds. The molecular weight excluding hydrogens is 381 g/mol. The molecule has 2 N–H and O–H groups in total. The van der Waals surface area contributed by atoms with Gasteiger partial charge in [0.15, 0.2) is 11.6 Å². The van der Waals surface area contributed by atoms with E-state index in [1.807, 2.05) is 0 Å². The van der Waals surface area contributed by atoms with E-state index in [4.69, 9.17) is 5.73 Å². The summed E-state index contributed by atoms with van der Waals surface area (Å²) in [5.41, 5.74) is 8.00. The number of pyridine rings is 1. The number of hydrogen-bond donors (Lipinski definition) is 1. The zero-order valence-corrected chi connectivity index (χ0v) is 14.3. The number of benzene rings is 1. The Hall–Kier alpha value is -3.21. The highest BCUT2D eigenvalue weighted by molar-refractivity contribution is 7.15. The van der Waals surface area contributed by atoms with Crippen LogP contribution in [0.15, 0.2) is 36.7 Å². The summed E-state index contributed by atoms with van der Waals surface area (Å²) >= 11 is 1.25. The number of ether oxygens (including phenoxy) is 1. The van der Waals surface area contributed by atoms with Crippen LogP contribution in [0.3, 0.4) is 0 Å². The molecule has 11 heteroatoms. The van der Waals surface area contributed by atoms with Crippen molar-refractivity contribution in [1.29, 1.82) is 0 Å². The minimum atomic E-state index is -3.11. The Kier molecular flexibility index (Phi) is 4.36. The van der Waals surface area contributed by atoms with Gasteiger partial charge in [-0.25, -0.2) is 4.39 Å². The summed E-state index contributed by atoms with van der Waals surface area (Å²) in [6, 6.07) is 5.51. The quantitative estimate of drug-likeness (QED) is 0.560. The molecule has 0 saturated carbocycles. The van der Waals surface area contributed by atoms with Gasteiger partial charge >= 0.3 is 6.61 Å². The van der Waals surface area contributed by atoms with Gasteiger partial charge in [0.1, 0.15) is 10.5 Å². The zero-order valence-electron chi connectivity index (χ0n) is 13.5. The van der Waals surface area contributed by atoms with Gasteiger partial charge in [-0.05, 0) is 23.8 Å². The van der Waals surface area contributed by atoms with Crippen LogP contribution in [-0.4, -0.2) is 31.6 Å². The number of anilines is 1. The summed E-state index contributed by atoms with van der Waals surface area (Å²) in [7, 11) is 0. The molecule has 0 aliphatic heterocycles. The van der Waals surface area contributed by atoms with Crippen LogP contribution in [0.5, 0.6) is 5.75 Å². The highest BCUT2D eigenvalue weighted by Crippen LogP contribution is 2.29. The molecule has 7 nitrogen and oxygen atoms in total. The summed E-state index contributed by atoms with van der Waals surface area (Å²) in [5.74, 6) is -1.40. The molecule has 0 aliphatic carbocycles. The van der Waals surface area contributed by atoms with Crippen LogP contribution < -0.4 is 10.5 Å². The number of nitrogens with zero attached hydrogens (tertiary/aromatic N) is 5. The van der Waals surface area contributed by atoms with Gasteiger partial charge in [-0.2, -0.15) is 13.9 Å². The van der Waals surface area contributed by atoms with Crippen LogP contribution in [0.2, 0.25) is 0 Å². The maximum atomic E-state index is 13.6. The fourth-order valence-electron chi connectivity index (χ4n) is 2.57. The number of alkyl halides is 2. The van der Waals surface area contributed by atoms with Gasteiger partial charge in [0.25, 0.3) is 0 Å². The first kappa shape index (κ1) is 17.2. The van der Waals surface area contributed by atoms with Crippen LogP contribution in [0.4, 0.5) is 18.3 Å². The average molecular weight is 392 g/mol. The van der Waals surface area contributed by atoms with Crippen molar-refractivity contribution in [2.75, 3.05) is 5.73 Å². The van der Waals surface area contributed by atoms with Crippen molar-refractivity contribution >= 4 is 27.5 Å². The van der Waals surface area contributed by atoms with E-state index in [9.17, 15) is 13.2 Å². The number of halogens is 3. The van der Waals surface area contributed by atoms with Crippen molar-refractivity contribution in [3.63, 3.8) is 0 Å². The van der Waals surface area contributed by atoms with Crippen molar-refractivity contribution < 1.29 is 17.9 Å². The normalized spacial score (nSPS) is 11.4. The number of rotatable bonds is 5. The Morgan fingerprint density at radius 1 is 1.15 bits per heavy atom. The molecule has 0 fully saturated rings. The molecule has 3 heterocycles. The smallest absolute Gasteiger partial charge is 0.387 e. The second kappa shape index (κ2) is 6.83. The Labute approximate surface area is 154 Å². The molecule has 0 aliphatic rings. The van der Waals surface area contributed by atoms with E-state index in [1.54, 1.807) is 23.1 Å². The highest BCUT2D eigenvalue weighted by atomic mass is 32.1. The molecule has 0 spiro atoms. The number of nitrogen functional groups attached to an aromatic ring is 1. The molecule has 0 saturated heterocycles. The van der Waals surface area contributed by atoms with Gasteiger partial charge in [0.05, 0.1) is 18.3 Å². The highest BCUT2D eigenvalue weighted by Gasteiger charge is 2.13. The summed E-state index contributed by atoms with van der Waals surface area (Å²) in [6.45, 7) is -2.76. The first-order valence-corrected chi connectivity index (χ1v) is 8.45. The van der Waals surface area contributed by atoms with Crippen LogP contribution in [0.25, 0.3) is 22.2 Å². The number of fused-ring (bicyclic) bond motifs is 1. The number of hydrogen-bond acceptors (Lipinski definition) is 7. The SMILES string of the molecule is Nc1nnc(Cn2ncc3ncc(-c4ccc(F)c(OC(F)F)c4)cc32)s1. The number of aromatic nitrogens is 5. The lowest BCUT2D eigenvalue weighted by atomic mass is 10.1. The second-order valence-corrected chi connectivity index (χ2v) is 6.58. The maximum absolute atomic E-state index is 13.6. The lowest BCUT2D eigenvalue weighted by Gasteiger charge is -2.09. The molecule has 3 aromatic heterocycles. The molecule has 0 radical (unpaired) electrons. The van der Waals surface area contributed by atoms with Gasteiger partial charge in [-0.1, -0.05) is 17.4 Å². The van der Waals surface area contributed by atoms with Crippen molar-refractivity contribution in [2.24, 2.45) is 0 Å². The van der Waals surface area contributed by atoms with E-state index >= 15 is 0 Å². The maximum Gasteiger partial charge on any atom is 0.387 e. The summed E-state index contributed by atoms with van der Waals surface area (Å²) in [4.78, 5) is 4.31. The Morgan fingerprint density at radius 2 is 2.00 bits per heavy atom. The molecule has 0 atom stereocenters. The van der Waals surface area contributed by atoms with Gasteiger partial charge in [0.2, 0.25) is 5.13 Å². The monoisotopic (exact) mass is 392 g/mol. The van der Waals surface area contributed by atoms with Crippen LogP contribution in [0, 0.1) is 5.82 Å². The third-order valence-corrected chi connectivity index (χ3v) is 4.48. The third kappa shape index (κ3) is 3.53. The largest absolute Gasteiger partial charge is 0.432 e. The summed E-state index contributed by atoms with van der Waals surface area (Å²) in [5, 5.41) is 13.0. The first-order valence-electron chi connectivity index (χ1n) is 7.64. The van der Waals surface area contributed by atoms with E-state index in [0.29, 0.717) is 38.8 Å². The van der Waals surface area contributed by atoms with E-state index in [1.165, 1.54) is 23.5 Å². The van der Waals surface area contributed by atoms with Crippen molar-refractivity contribution in [1.82, 2.24) is 25.0 Å². The first-order chi connectivity index (χ1) is 13.0. The standard InChI is InChI=1S/C16H11F3N6OS/c17-10-2-1-8(4-13(10)26-15(18)19)9-3-12-11(21-5-9)6-22-25(12)7-14-23-24-16(20)27-14/h1-6,15H,7H2,(H2,20,24). The van der Waals surface area contributed by atoms with Crippen molar-refractivity contribution in [2.45, 2.75) is 13.2 Å². The van der Waals surface area contributed by atoms with Gasteiger partial charge < -0.3 is 10.5 Å². The molecule has 1 aromatic carbocycles. The van der Waals surface area contributed by atoms with Crippen LogP contribution >= 0.6 is 11.3 Å². The van der Waals surface area contributed by atoms with E-state index < -0.39 is 18.2 Å². The lowest BCUT2D eigenvalue weighted by molar-refractivity contribution is -0.0521. The minimum absolute atomic E-state index is 0.354. The Bertz CT molecular complexity index is 1110. The second-order valence-electron chi connectivity index (χ2n) is 5.49. The Balaban J connectivity index is 1.72. The molecule has 27 heavy (non-hydrogen) atoms. The molecule has 138 valence electrons. The van der Waals surface area contributed by atoms with Gasteiger partial charge in [-0.3, -0.25) is 9.67 Å². The minimum Gasteiger partial charge on any atom is -0.432 e. The number of nitrogens with two attached hydrogens (primary N) is 1. The molecule has 0 unspecified atom stereocenters. The van der Waals surface area contributed by atoms with Crippen molar-refractivity contribution in [3.8, 4) is 16.9 Å². The molecule has 4 rings (SSSR count). The molecule has 4 aromatic rings. The molecule has 0 bridgehead atoms. The average Bonchev–Trinajstić information content (AvgIpc) is 3.23. The van der Waals surface area contributed by atoms with Crippen LogP contribution in [0.1, 0.15) is 5.01 Å².